The van der Waals surface area contributed by atoms with Crippen molar-refractivity contribution >= 4 is 45.5 Å². The van der Waals surface area contributed by atoms with Crippen LogP contribution in [0, 0.1) is 5.82 Å². The molecule has 8 nitrogen and oxygen atoms in total. The van der Waals surface area contributed by atoms with Crippen molar-refractivity contribution in [1.82, 2.24) is 15.1 Å². The summed E-state index contributed by atoms with van der Waals surface area (Å²) < 4.78 is 23.8. The molecule has 4 rings (SSSR count). The molecule has 0 N–H and O–H groups in total. The Morgan fingerprint density at radius 2 is 1.85 bits per heavy atom. The van der Waals surface area contributed by atoms with Gasteiger partial charge in [-0.2, -0.15) is 4.98 Å². The van der Waals surface area contributed by atoms with Crippen LogP contribution in [0.25, 0.3) is 11.4 Å². The van der Waals surface area contributed by atoms with Crippen LogP contribution in [0.2, 0.25) is 5.15 Å². The van der Waals surface area contributed by atoms with Crippen LogP contribution in [0.1, 0.15) is 29.4 Å². The quantitative estimate of drug-likeness (QED) is 0.237. The molecular formula is C23H18ClFN4O4S. The van der Waals surface area contributed by atoms with E-state index in [1.807, 2.05) is 18.2 Å². The number of carbonyl (C=O) groups excluding carboxylic acids is 2. The van der Waals surface area contributed by atoms with Crippen LogP contribution >= 0.6 is 22.9 Å². The van der Waals surface area contributed by atoms with Crippen LogP contribution in [0.15, 0.2) is 59.1 Å². The number of nitrogens with zero attached hydrogens (tertiary/aromatic N) is 4. The van der Waals surface area contributed by atoms with Crippen molar-refractivity contribution in [3.05, 3.63) is 76.3 Å². The smallest absolute Gasteiger partial charge is 0.328 e. The lowest BCUT2D eigenvalue weighted by Crippen LogP contribution is -2.36. The monoisotopic (exact) mass is 500 g/mol. The molecule has 0 aliphatic rings. The van der Waals surface area contributed by atoms with Crippen LogP contribution in [0.3, 0.4) is 0 Å². The summed E-state index contributed by atoms with van der Waals surface area (Å²) >= 11 is 7.24. The number of hydrogen-bond donors (Lipinski definition) is 0. The number of ether oxygens (including phenoxy) is 1. The number of hydrogen-bond acceptors (Lipinski definition) is 9. The van der Waals surface area contributed by atoms with Crippen molar-refractivity contribution in [1.29, 1.82) is 0 Å². The third-order valence-corrected chi connectivity index (χ3v) is 6.20. The first-order valence-corrected chi connectivity index (χ1v) is 11.4. The van der Waals surface area contributed by atoms with Gasteiger partial charge in [0.25, 0.3) is 11.7 Å². The highest BCUT2D eigenvalue weighted by Gasteiger charge is 2.31. The van der Waals surface area contributed by atoms with E-state index in [4.69, 9.17) is 20.9 Å². The van der Waals surface area contributed by atoms with E-state index in [2.05, 4.69) is 15.1 Å². The molecule has 0 bridgehead atoms. The van der Waals surface area contributed by atoms with Gasteiger partial charge in [-0.3, -0.25) is 4.79 Å². The van der Waals surface area contributed by atoms with Crippen LogP contribution < -0.4 is 4.90 Å². The molecule has 34 heavy (non-hydrogen) atoms. The van der Waals surface area contributed by atoms with Crippen LogP contribution in [-0.2, 0) is 9.53 Å². The van der Waals surface area contributed by atoms with E-state index in [1.165, 1.54) is 29.2 Å². The van der Waals surface area contributed by atoms with Crippen molar-refractivity contribution in [3.63, 3.8) is 0 Å². The fraction of sp³-hybridized carbons (Fsp3) is 0.174. The Hall–Kier alpha value is -3.63. The Balaban J connectivity index is 1.68. The van der Waals surface area contributed by atoms with E-state index in [9.17, 15) is 14.0 Å². The zero-order valence-corrected chi connectivity index (χ0v) is 19.6. The Morgan fingerprint density at radius 3 is 2.53 bits per heavy atom. The third kappa shape index (κ3) is 4.82. The van der Waals surface area contributed by atoms with E-state index in [0.29, 0.717) is 11.3 Å². The molecule has 0 amide bonds. The first-order valence-electron chi connectivity index (χ1n) is 10.2. The molecular weight excluding hydrogens is 483 g/mol. The minimum Gasteiger partial charge on any atom is -0.464 e. The second-order valence-electron chi connectivity index (χ2n) is 7.01. The molecule has 0 saturated heterocycles. The Labute approximate surface area is 203 Å². The molecule has 2 heterocycles. The maximum Gasteiger partial charge on any atom is 0.328 e. The highest BCUT2D eigenvalue weighted by atomic mass is 35.5. The van der Waals surface area contributed by atoms with Gasteiger partial charge in [0.15, 0.2) is 10.3 Å². The average molecular weight is 501 g/mol. The minimum atomic E-state index is -0.830. The van der Waals surface area contributed by atoms with Gasteiger partial charge in [-0.1, -0.05) is 58.4 Å². The number of anilines is 2. The molecule has 2 aromatic heterocycles. The summed E-state index contributed by atoms with van der Waals surface area (Å²) in [6, 6.07) is 13.7. The van der Waals surface area contributed by atoms with Gasteiger partial charge in [0.2, 0.25) is 5.82 Å². The summed E-state index contributed by atoms with van der Waals surface area (Å²) in [5.41, 5.74) is 1.16. The fourth-order valence-corrected chi connectivity index (χ4v) is 4.44. The number of aromatic nitrogens is 3. The zero-order chi connectivity index (χ0) is 24.2. The number of benzene rings is 2. The third-order valence-electron chi connectivity index (χ3n) is 4.76. The number of halogens is 2. The lowest BCUT2D eigenvalue weighted by Gasteiger charge is -2.27. The van der Waals surface area contributed by atoms with Gasteiger partial charge in [-0.25, -0.2) is 14.2 Å². The predicted octanol–water partition coefficient (Wildman–Crippen LogP) is 5.31. The van der Waals surface area contributed by atoms with Crippen molar-refractivity contribution in [3.8, 4) is 11.4 Å². The number of ketones is 1. The Morgan fingerprint density at radius 1 is 1.15 bits per heavy atom. The van der Waals surface area contributed by atoms with Crippen molar-refractivity contribution in [2.45, 2.75) is 19.9 Å². The number of thiazole rings is 1. The number of esters is 1. The van der Waals surface area contributed by atoms with Crippen molar-refractivity contribution in [2.75, 3.05) is 11.5 Å². The molecule has 0 unspecified atom stereocenters. The van der Waals surface area contributed by atoms with Gasteiger partial charge in [0.05, 0.1) is 6.61 Å². The molecule has 0 aliphatic heterocycles. The SMILES string of the molecule is CCOC(=O)[C@H](C)N(c1ccc(F)cc1)c1nc(Cl)c(C(=O)c2nc(-c3ccccc3)no2)s1. The van der Waals surface area contributed by atoms with Crippen molar-refractivity contribution < 1.29 is 23.2 Å². The fourth-order valence-electron chi connectivity index (χ4n) is 3.12. The van der Waals surface area contributed by atoms with Crippen LogP contribution in [-0.4, -0.2) is 39.5 Å². The normalized spacial score (nSPS) is 11.8. The van der Waals surface area contributed by atoms with Gasteiger partial charge in [0, 0.05) is 11.3 Å². The van der Waals surface area contributed by atoms with Gasteiger partial charge in [-0.05, 0) is 38.1 Å². The molecule has 0 saturated carbocycles. The Bertz CT molecular complexity index is 1310. The summed E-state index contributed by atoms with van der Waals surface area (Å²) in [4.78, 5) is 35.6. The first kappa shape index (κ1) is 23.5. The second kappa shape index (κ2) is 10.1. The minimum absolute atomic E-state index is 0.0584. The zero-order valence-electron chi connectivity index (χ0n) is 18.1. The van der Waals surface area contributed by atoms with E-state index in [-0.39, 0.29) is 33.5 Å². The molecule has 0 radical (unpaired) electrons. The molecule has 0 aliphatic carbocycles. The first-order chi connectivity index (χ1) is 16.4. The molecule has 0 fully saturated rings. The van der Waals surface area contributed by atoms with E-state index in [1.54, 1.807) is 26.0 Å². The molecule has 4 aromatic rings. The maximum absolute atomic E-state index is 13.5. The predicted molar refractivity (Wildman–Crippen MR) is 125 cm³/mol. The topological polar surface area (TPSA) is 98.4 Å². The standard InChI is InChI=1S/C23H18ClFN4O4S/c1-3-32-22(31)13(2)29(16-11-9-15(25)10-12-16)23-26-19(24)18(34-23)17(30)21-27-20(28-33-21)14-7-5-4-6-8-14/h4-13H,3H2,1-2H3/t13-/m0/s1. The van der Waals surface area contributed by atoms with Crippen molar-refractivity contribution in [2.24, 2.45) is 0 Å². The average Bonchev–Trinajstić information content (AvgIpc) is 3.48. The van der Waals surface area contributed by atoms with Gasteiger partial charge >= 0.3 is 5.97 Å². The lowest BCUT2D eigenvalue weighted by molar-refractivity contribution is -0.144. The number of rotatable bonds is 8. The Kier molecular flexibility index (Phi) is 6.99. The summed E-state index contributed by atoms with van der Waals surface area (Å²) in [6.45, 7) is 3.49. The van der Waals surface area contributed by atoms with Gasteiger partial charge < -0.3 is 14.2 Å². The molecule has 0 spiro atoms. The summed E-state index contributed by atoms with van der Waals surface area (Å²) in [7, 11) is 0. The maximum atomic E-state index is 13.5. The highest BCUT2D eigenvalue weighted by molar-refractivity contribution is 7.18. The van der Waals surface area contributed by atoms with E-state index >= 15 is 0 Å². The lowest BCUT2D eigenvalue weighted by atomic mass is 10.2. The summed E-state index contributed by atoms with van der Waals surface area (Å²) in [6.07, 6.45) is 0. The second-order valence-corrected chi connectivity index (χ2v) is 8.34. The molecule has 1 atom stereocenters. The van der Waals surface area contributed by atoms with E-state index in [0.717, 1.165) is 11.3 Å². The molecule has 174 valence electrons. The van der Waals surface area contributed by atoms with Crippen LogP contribution in [0.4, 0.5) is 15.2 Å². The van der Waals surface area contributed by atoms with Crippen LogP contribution in [0.5, 0.6) is 0 Å². The van der Waals surface area contributed by atoms with Gasteiger partial charge in [0.1, 0.15) is 16.7 Å². The molecule has 11 heteroatoms. The summed E-state index contributed by atoms with van der Waals surface area (Å²) in [5, 5.41) is 4.01. The van der Waals surface area contributed by atoms with Gasteiger partial charge in [-0.15, -0.1) is 0 Å². The highest BCUT2D eigenvalue weighted by Crippen LogP contribution is 2.37. The largest absolute Gasteiger partial charge is 0.464 e. The summed E-state index contributed by atoms with van der Waals surface area (Å²) in [5.74, 6) is -1.55. The molecule has 2 aromatic carbocycles. The van der Waals surface area contributed by atoms with E-state index < -0.39 is 23.6 Å². The number of carbonyl (C=O) groups is 2.